The second-order valence-corrected chi connectivity index (χ2v) is 16.6. The first-order valence-corrected chi connectivity index (χ1v) is 14.0. The molecule has 0 radical (unpaired) electrons. The third-order valence-corrected chi connectivity index (χ3v) is 12.9. The van der Waals surface area contributed by atoms with Crippen molar-refractivity contribution in [2.45, 2.75) is 20.3 Å². The second kappa shape index (κ2) is 6.70. The SMILES string of the molecule is CCS(C)(=O)(CCCS(C)(=O)(CC)O[Cl+3]([O-])([O-])[O-])O[Cl+3]([O-])([O-])[O-]. The van der Waals surface area contributed by atoms with Gasteiger partial charge >= 0.3 is 0 Å². The van der Waals surface area contributed by atoms with E-state index in [1.807, 2.05) is 0 Å². The Labute approximate surface area is 139 Å². The van der Waals surface area contributed by atoms with Crippen LogP contribution in [0.25, 0.3) is 0 Å². The number of hydrogen-bond acceptors (Lipinski definition) is 10. The van der Waals surface area contributed by atoms with E-state index >= 15 is 0 Å². The molecule has 0 saturated carbocycles. The molecule has 0 aromatic rings. The summed E-state index contributed by atoms with van der Waals surface area (Å²) in [6.07, 6.45) is 1.67. The van der Waals surface area contributed by atoms with Crippen LogP contribution in [0.15, 0.2) is 0 Å². The van der Waals surface area contributed by atoms with Crippen molar-refractivity contribution in [1.82, 2.24) is 0 Å². The summed E-state index contributed by atoms with van der Waals surface area (Å²) >= 11 is 0. The van der Waals surface area contributed by atoms with Gasteiger partial charge in [-0.2, -0.15) is 36.4 Å². The fourth-order valence-corrected chi connectivity index (χ4v) is 8.87. The molecule has 0 aliphatic rings. The topological polar surface area (TPSA) is 191 Å². The van der Waals surface area contributed by atoms with Crippen LogP contribution in [-0.2, 0) is 26.2 Å². The Hall–Kier alpha value is 0.560. The minimum atomic E-state index is -4.94. The second-order valence-electron chi connectivity index (χ2n) is 5.53. The average molecular weight is 425 g/mol. The van der Waals surface area contributed by atoms with Gasteiger partial charge in [-0.25, -0.2) is 0 Å². The van der Waals surface area contributed by atoms with Crippen LogP contribution in [0.1, 0.15) is 20.3 Å². The molecule has 0 aliphatic carbocycles. The van der Waals surface area contributed by atoms with Crippen LogP contribution < -0.4 is 28.0 Å². The molecule has 10 nitrogen and oxygen atoms in total. The monoisotopic (exact) mass is 424 g/mol. The minimum Gasteiger partial charge on any atom is -0.196 e. The van der Waals surface area contributed by atoms with Crippen LogP contribution in [0, 0.1) is 20.5 Å². The third kappa shape index (κ3) is 9.00. The molecule has 0 unspecified atom stereocenters. The van der Waals surface area contributed by atoms with Crippen LogP contribution in [0.5, 0.6) is 0 Å². The van der Waals surface area contributed by atoms with Gasteiger partial charge in [-0.3, -0.25) is 0 Å². The highest BCUT2D eigenvalue weighted by molar-refractivity contribution is 8.16. The van der Waals surface area contributed by atoms with Gasteiger partial charge < -0.3 is 0 Å². The van der Waals surface area contributed by atoms with Crippen molar-refractivity contribution in [3.8, 4) is 0 Å². The molecule has 0 rings (SSSR count). The van der Waals surface area contributed by atoms with Crippen LogP contribution in [0.3, 0.4) is 0 Å². The molecule has 0 amide bonds. The molecule has 0 fully saturated rings. The summed E-state index contributed by atoms with van der Waals surface area (Å²) in [5.74, 6) is -1.53. The Morgan fingerprint density at radius 1 is 0.739 bits per heavy atom. The molecule has 0 N–H and O–H groups in total. The zero-order valence-electron chi connectivity index (χ0n) is 13.2. The van der Waals surface area contributed by atoms with Gasteiger partial charge in [0.25, 0.3) is 0 Å². The maximum Gasteiger partial charge on any atom is 0.190 e. The van der Waals surface area contributed by atoms with Crippen molar-refractivity contribution in [2.24, 2.45) is 0 Å². The maximum atomic E-state index is 12.6. The molecule has 14 heteroatoms. The van der Waals surface area contributed by atoms with Crippen LogP contribution in [0.2, 0.25) is 0 Å². The summed E-state index contributed by atoms with van der Waals surface area (Å²) in [6, 6.07) is 0. The van der Waals surface area contributed by atoms with Gasteiger partial charge in [0.2, 0.25) is 0 Å². The Balaban J connectivity index is 5.16. The molecule has 0 aromatic heterocycles. The van der Waals surface area contributed by atoms with E-state index in [4.69, 9.17) is 0 Å². The van der Waals surface area contributed by atoms with Crippen molar-refractivity contribution in [2.75, 3.05) is 35.5 Å². The zero-order chi connectivity index (χ0) is 18.8. The van der Waals surface area contributed by atoms with E-state index < -0.39 is 50.7 Å². The maximum absolute atomic E-state index is 12.6. The van der Waals surface area contributed by atoms with Gasteiger partial charge in [-0.15, -0.1) is 0 Å². The minimum absolute atomic E-state index is 0.249. The first-order chi connectivity index (χ1) is 9.81. The van der Waals surface area contributed by atoms with Gasteiger partial charge in [0.1, 0.15) is 20.5 Å². The van der Waals surface area contributed by atoms with Gasteiger partial charge in [-0.1, -0.05) is 18.7 Å². The summed E-state index contributed by atoms with van der Waals surface area (Å²) in [5.41, 5.74) is 0. The van der Waals surface area contributed by atoms with Gasteiger partial charge in [0, 0.05) is 35.5 Å². The molecular formula is C9H22Cl2O10S2. The fraction of sp³-hybridized carbons (Fsp3) is 1.00. The molecule has 0 heterocycles. The highest BCUT2D eigenvalue weighted by Crippen LogP contribution is 2.32. The summed E-state index contributed by atoms with van der Waals surface area (Å²) in [5, 5.41) is 0. The first kappa shape index (κ1) is 23.6. The van der Waals surface area contributed by atoms with E-state index in [0.717, 1.165) is 12.5 Å². The summed E-state index contributed by atoms with van der Waals surface area (Å²) in [4.78, 5) is 0. The molecule has 0 atom stereocenters. The van der Waals surface area contributed by atoms with Crippen molar-refractivity contribution in [3.05, 3.63) is 0 Å². The highest BCUT2D eigenvalue weighted by atomic mass is 35.7. The Morgan fingerprint density at radius 2 is 1.00 bits per heavy atom. The lowest BCUT2D eigenvalue weighted by atomic mass is 10.6. The molecule has 0 spiro atoms. The Kier molecular flexibility index (Phi) is 6.86. The highest BCUT2D eigenvalue weighted by Gasteiger charge is 2.44. The molecule has 23 heavy (non-hydrogen) atoms. The smallest absolute Gasteiger partial charge is 0.190 e. The van der Waals surface area contributed by atoms with E-state index in [1.165, 1.54) is 13.8 Å². The van der Waals surface area contributed by atoms with Crippen molar-refractivity contribution < 1.29 is 64.3 Å². The van der Waals surface area contributed by atoms with Crippen LogP contribution in [-0.4, -0.2) is 43.9 Å². The van der Waals surface area contributed by atoms with E-state index in [2.05, 4.69) is 7.47 Å². The normalized spacial score (nSPS) is 18.0. The summed E-state index contributed by atoms with van der Waals surface area (Å²) < 4.78 is 97.8. The first-order valence-electron chi connectivity index (χ1n) is 6.29. The average Bonchev–Trinajstić information content (AvgIpc) is 2.23. The summed E-state index contributed by atoms with van der Waals surface area (Å²) in [6.45, 7) is 2.68. The van der Waals surface area contributed by atoms with E-state index in [-0.39, 0.29) is 17.9 Å². The standard InChI is InChI=1S/C9H22Cl2O10S2/c1-5-22(3,18,20-10(12,13)14)8-7-9-23(4,19,6-2)21-11(15,16)17/h5-9H2,1-4H3. The molecule has 0 saturated heterocycles. The molecule has 144 valence electrons. The lowest BCUT2D eigenvalue weighted by Crippen LogP contribution is -2.66. The van der Waals surface area contributed by atoms with Crippen molar-refractivity contribution in [3.63, 3.8) is 0 Å². The van der Waals surface area contributed by atoms with Crippen molar-refractivity contribution >= 4 is 18.7 Å². The zero-order valence-corrected chi connectivity index (χ0v) is 16.3. The van der Waals surface area contributed by atoms with E-state index in [1.54, 1.807) is 0 Å². The molecular weight excluding hydrogens is 403 g/mol. The van der Waals surface area contributed by atoms with Crippen LogP contribution in [0.4, 0.5) is 0 Å². The van der Waals surface area contributed by atoms with E-state index in [0.29, 0.717) is 0 Å². The van der Waals surface area contributed by atoms with Gasteiger partial charge in [0.05, 0.1) is 0 Å². The molecule has 0 aromatic carbocycles. The number of halogens is 2. The molecule has 0 aliphatic heterocycles. The number of rotatable bonds is 10. The lowest BCUT2D eigenvalue weighted by Gasteiger charge is -2.40. The van der Waals surface area contributed by atoms with Crippen molar-refractivity contribution in [1.29, 1.82) is 0 Å². The molecule has 0 bridgehead atoms. The largest absolute Gasteiger partial charge is 0.196 e. The lowest BCUT2D eigenvalue weighted by molar-refractivity contribution is -1.91. The van der Waals surface area contributed by atoms with Gasteiger partial charge in [0.15, 0.2) is 7.47 Å². The predicted octanol–water partition coefficient (Wildman–Crippen LogP) is -6.03. The Morgan fingerprint density at radius 3 is 1.17 bits per heavy atom. The fourth-order valence-electron chi connectivity index (χ4n) is 1.66. The summed E-state index contributed by atoms with van der Waals surface area (Å²) in [7, 11) is -18.6. The predicted molar refractivity (Wildman–Crippen MR) is 65.7 cm³/mol. The van der Waals surface area contributed by atoms with Gasteiger partial charge in [-0.05, 0) is 20.3 Å². The van der Waals surface area contributed by atoms with Crippen LogP contribution >= 0.6 is 0 Å². The third-order valence-electron chi connectivity index (χ3n) is 3.29. The quantitative estimate of drug-likeness (QED) is 0.325. The van der Waals surface area contributed by atoms with E-state index in [9.17, 15) is 36.4 Å². The number of hydrogen-bond donors (Lipinski definition) is 0. The Bertz CT molecular complexity index is 506.